The normalized spacial score (nSPS) is 10.7. The summed E-state index contributed by atoms with van der Waals surface area (Å²) < 4.78 is 1.12. The Morgan fingerprint density at radius 3 is 1.83 bits per heavy atom. The number of hydrogen-bond donors (Lipinski definition) is 0. The zero-order chi connectivity index (χ0) is 16.4. The summed E-state index contributed by atoms with van der Waals surface area (Å²) in [6, 6.07) is 31.9. The van der Waals surface area contributed by atoms with Crippen molar-refractivity contribution in [1.29, 1.82) is 0 Å². The predicted octanol–water partition coefficient (Wildman–Crippen LogP) is 7.51. The maximum atomic E-state index is 3.71. The van der Waals surface area contributed by atoms with Crippen LogP contribution in [0.1, 0.15) is 0 Å². The summed E-state index contributed by atoms with van der Waals surface area (Å²) in [5, 5.41) is 0. The van der Waals surface area contributed by atoms with Gasteiger partial charge in [-0.2, -0.15) is 0 Å². The van der Waals surface area contributed by atoms with E-state index in [0.717, 1.165) is 4.47 Å². The van der Waals surface area contributed by atoms with Crippen molar-refractivity contribution in [1.82, 2.24) is 0 Å². The number of rotatable bonds is 3. The number of hydrogen-bond acceptors (Lipinski definition) is 1. The van der Waals surface area contributed by atoms with E-state index < -0.39 is 0 Å². The third-order valence-electron chi connectivity index (χ3n) is 3.99. The quantitative estimate of drug-likeness (QED) is 0.339. The molecule has 0 unspecified atom stereocenters. The van der Waals surface area contributed by atoms with Gasteiger partial charge in [0.2, 0.25) is 0 Å². The molecular weight excluding hydrogens is 376 g/mol. The highest BCUT2D eigenvalue weighted by atomic mass is 79.9. The van der Waals surface area contributed by atoms with E-state index in [4.69, 9.17) is 0 Å². The smallest absolute Gasteiger partial charge is 0.0428 e. The second kappa shape index (κ2) is 6.76. The lowest BCUT2D eigenvalue weighted by atomic mass is 10.0. The van der Waals surface area contributed by atoms with Gasteiger partial charge in [0.1, 0.15) is 0 Å². The molecule has 0 bridgehead atoms. The van der Waals surface area contributed by atoms with Crippen molar-refractivity contribution in [3.8, 4) is 32.0 Å². The van der Waals surface area contributed by atoms with E-state index in [1.165, 1.54) is 32.0 Å². The molecule has 4 rings (SSSR count). The van der Waals surface area contributed by atoms with E-state index >= 15 is 0 Å². The molecular formula is C22H15BrS. The van der Waals surface area contributed by atoms with E-state index in [1.807, 2.05) is 11.3 Å². The first-order valence-corrected chi connectivity index (χ1v) is 9.43. The van der Waals surface area contributed by atoms with Crippen molar-refractivity contribution in [2.24, 2.45) is 0 Å². The average Bonchev–Trinajstić information content (AvgIpc) is 3.09. The lowest BCUT2D eigenvalue weighted by Crippen LogP contribution is -1.80. The minimum Gasteiger partial charge on any atom is -0.135 e. The Bertz CT molecular complexity index is 956. The van der Waals surface area contributed by atoms with E-state index in [1.54, 1.807) is 0 Å². The second-order valence-corrected chi connectivity index (χ2v) is 7.47. The summed E-state index contributed by atoms with van der Waals surface area (Å²) in [7, 11) is 0. The first-order chi connectivity index (χ1) is 11.8. The van der Waals surface area contributed by atoms with Crippen LogP contribution >= 0.6 is 27.3 Å². The molecule has 0 fully saturated rings. The van der Waals surface area contributed by atoms with Crippen LogP contribution in [-0.4, -0.2) is 0 Å². The fourth-order valence-corrected chi connectivity index (χ4v) is 4.50. The van der Waals surface area contributed by atoms with Crippen molar-refractivity contribution in [3.63, 3.8) is 0 Å². The van der Waals surface area contributed by atoms with Gasteiger partial charge in [-0.25, -0.2) is 0 Å². The third kappa shape index (κ3) is 2.95. The molecule has 0 aliphatic rings. The predicted molar refractivity (Wildman–Crippen MR) is 108 cm³/mol. The molecule has 116 valence electrons. The molecule has 24 heavy (non-hydrogen) atoms. The van der Waals surface area contributed by atoms with Gasteiger partial charge < -0.3 is 0 Å². The molecule has 3 aromatic carbocycles. The van der Waals surface area contributed by atoms with Crippen LogP contribution in [0.15, 0.2) is 95.5 Å². The topological polar surface area (TPSA) is 0 Å². The van der Waals surface area contributed by atoms with Gasteiger partial charge in [-0.3, -0.25) is 0 Å². The van der Waals surface area contributed by atoms with Gasteiger partial charge in [0.25, 0.3) is 0 Å². The molecule has 0 radical (unpaired) electrons. The van der Waals surface area contributed by atoms with E-state index in [2.05, 4.69) is 107 Å². The minimum atomic E-state index is 1.12. The summed E-state index contributed by atoms with van der Waals surface area (Å²) in [5.74, 6) is 0. The van der Waals surface area contributed by atoms with Crippen LogP contribution in [0.4, 0.5) is 0 Å². The fraction of sp³-hybridized carbons (Fsp3) is 0. The Balaban J connectivity index is 1.94. The molecule has 0 atom stereocenters. The summed E-state index contributed by atoms with van der Waals surface area (Å²) >= 11 is 5.56. The Morgan fingerprint density at radius 1 is 0.583 bits per heavy atom. The van der Waals surface area contributed by atoms with Gasteiger partial charge in [-0.05, 0) is 28.8 Å². The van der Waals surface area contributed by atoms with Gasteiger partial charge >= 0.3 is 0 Å². The van der Waals surface area contributed by atoms with Crippen LogP contribution in [0.5, 0.6) is 0 Å². The molecule has 0 aliphatic carbocycles. The van der Waals surface area contributed by atoms with Crippen LogP contribution in [0, 0.1) is 0 Å². The molecule has 0 aliphatic heterocycles. The summed E-state index contributed by atoms with van der Waals surface area (Å²) in [6.45, 7) is 0. The molecule has 0 nitrogen and oxygen atoms in total. The van der Waals surface area contributed by atoms with Crippen molar-refractivity contribution >= 4 is 27.3 Å². The van der Waals surface area contributed by atoms with Gasteiger partial charge in [-0.15, -0.1) is 11.3 Å². The van der Waals surface area contributed by atoms with E-state index in [-0.39, 0.29) is 0 Å². The number of benzene rings is 3. The van der Waals surface area contributed by atoms with Gasteiger partial charge in [-0.1, -0.05) is 94.8 Å². The first-order valence-electron chi connectivity index (χ1n) is 7.82. The van der Waals surface area contributed by atoms with Crippen molar-refractivity contribution < 1.29 is 0 Å². The van der Waals surface area contributed by atoms with Gasteiger partial charge in [0, 0.05) is 19.8 Å². The summed E-state index contributed by atoms with van der Waals surface area (Å²) in [6.07, 6.45) is 0. The molecule has 0 saturated heterocycles. The SMILES string of the molecule is Brc1ccccc1-c1cc(-c2ccccc2)sc1-c1ccccc1. The van der Waals surface area contributed by atoms with E-state index in [0.29, 0.717) is 0 Å². The summed E-state index contributed by atoms with van der Waals surface area (Å²) in [4.78, 5) is 2.60. The monoisotopic (exact) mass is 390 g/mol. The molecule has 0 spiro atoms. The van der Waals surface area contributed by atoms with Crippen LogP contribution < -0.4 is 0 Å². The van der Waals surface area contributed by atoms with Crippen molar-refractivity contribution in [2.75, 3.05) is 0 Å². The Labute approximate surface area is 154 Å². The van der Waals surface area contributed by atoms with Crippen LogP contribution in [0.25, 0.3) is 32.0 Å². The zero-order valence-electron chi connectivity index (χ0n) is 12.9. The summed E-state index contributed by atoms with van der Waals surface area (Å²) in [5.41, 5.74) is 5.03. The number of halogens is 1. The fourth-order valence-electron chi connectivity index (χ4n) is 2.82. The lowest BCUT2D eigenvalue weighted by Gasteiger charge is -2.06. The maximum Gasteiger partial charge on any atom is 0.0428 e. The molecule has 0 amide bonds. The molecule has 2 heteroatoms. The first kappa shape index (κ1) is 15.4. The maximum absolute atomic E-state index is 3.71. The Morgan fingerprint density at radius 2 is 1.17 bits per heavy atom. The highest BCUT2D eigenvalue weighted by Crippen LogP contribution is 2.44. The Kier molecular flexibility index (Phi) is 4.33. The Hall–Kier alpha value is -2.16. The molecule has 4 aromatic rings. The second-order valence-electron chi connectivity index (χ2n) is 5.57. The minimum absolute atomic E-state index is 1.12. The highest BCUT2D eigenvalue weighted by Gasteiger charge is 2.15. The molecule has 0 N–H and O–H groups in total. The largest absolute Gasteiger partial charge is 0.135 e. The average molecular weight is 391 g/mol. The van der Waals surface area contributed by atoms with Crippen LogP contribution in [0.2, 0.25) is 0 Å². The van der Waals surface area contributed by atoms with Crippen LogP contribution in [-0.2, 0) is 0 Å². The highest BCUT2D eigenvalue weighted by molar-refractivity contribution is 9.10. The standard InChI is InChI=1S/C22H15BrS/c23-20-14-8-7-13-18(20)19-15-21(16-9-3-1-4-10-16)24-22(19)17-11-5-2-6-12-17/h1-15H. The van der Waals surface area contributed by atoms with Crippen LogP contribution in [0.3, 0.4) is 0 Å². The van der Waals surface area contributed by atoms with Crippen molar-refractivity contribution in [3.05, 3.63) is 95.5 Å². The molecule has 1 heterocycles. The molecule has 1 aromatic heterocycles. The van der Waals surface area contributed by atoms with Crippen molar-refractivity contribution in [2.45, 2.75) is 0 Å². The van der Waals surface area contributed by atoms with Gasteiger partial charge in [0.05, 0.1) is 0 Å². The van der Waals surface area contributed by atoms with E-state index in [9.17, 15) is 0 Å². The molecule has 0 saturated carbocycles. The lowest BCUT2D eigenvalue weighted by molar-refractivity contribution is 1.61. The zero-order valence-corrected chi connectivity index (χ0v) is 15.3. The number of thiophene rings is 1. The van der Waals surface area contributed by atoms with Gasteiger partial charge in [0.15, 0.2) is 0 Å². The third-order valence-corrected chi connectivity index (χ3v) is 5.92.